The predicted octanol–water partition coefficient (Wildman–Crippen LogP) is 7.63. The zero-order valence-electron chi connectivity index (χ0n) is 18.7. The van der Waals surface area contributed by atoms with Gasteiger partial charge in [0, 0.05) is 9.92 Å². The Labute approximate surface area is 199 Å². The molecule has 0 amide bonds. The molecule has 0 spiro atoms. The molecule has 1 N–H and O–H groups in total. The van der Waals surface area contributed by atoms with Crippen LogP contribution in [-0.4, -0.2) is 19.8 Å². The van der Waals surface area contributed by atoms with E-state index in [1.54, 1.807) is 32.9 Å². The summed E-state index contributed by atoms with van der Waals surface area (Å²) in [6.45, 7) is 7.45. The molecule has 0 saturated carbocycles. The summed E-state index contributed by atoms with van der Waals surface area (Å²) >= 11 is 7.35. The number of aryl methyl sites for hydroxylation is 1. The van der Waals surface area contributed by atoms with Gasteiger partial charge in [0.2, 0.25) is 0 Å². The molecular formula is C21H30ClNO6P2S. The van der Waals surface area contributed by atoms with Crippen LogP contribution in [0.1, 0.15) is 43.8 Å². The fourth-order valence-electron chi connectivity index (χ4n) is 2.90. The molecule has 2 atom stereocenters. The van der Waals surface area contributed by atoms with E-state index in [1.807, 2.05) is 43.3 Å². The lowest BCUT2D eigenvalue weighted by atomic mass is 10.1. The molecule has 0 aliphatic heterocycles. The Hall–Kier alpha value is -0.660. The molecule has 2 unspecified atom stereocenters. The molecule has 0 radical (unpaired) electrons. The van der Waals surface area contributed by atoms with Crippen molar-refractivity contribution in [2.24, 2.45) is 0 Å². The summed E-state index contributed by atoms with van der Waals surface area (Å²) in [4.78, 5) is 0.0793. The van der Waals surface area contributed by atoms with Gasteiger partial charge in [-0.1, -0.05) is 48.0 Å². The zero-order chi connectivity index (χ0) is 23.6. The van der Waals surface area contributed by atoms with Crippen molar-refractivity contribution in [3.05, 3.63) is 64.7 Å². The Morgan fingerprint density at radius 1 is 0.906 bits per heavy atom. The molecule has 0 fully saturated rings. The highest BCUT2D eigenvalue weighted by Gasteiger charge is 2.42. The van der Waals surface area contributed by atoms with E-state index in [1.165, 1.54) is 11.8 Å². The second-order valence-electron chi connectivity index (χ2n) is 6.45. The fourth-order valence-corrected chi connectivity index (χ4v) is 8.07. The van der Waals surface area contributed by atoms with Gasteiger partial charge in [-0.15, -0.1) is 11.8 Å². The molecule has 0 aliphatic rings. The first kappa shape index (κ1) is 27.6. The topological polar surface area (TPSA) is 83.1 Å². The lowest BCUT2D eigenvalue weighted by Crippen LogP contribution is -2.17. The fraction of sp³-hybridized carbons (Fsp3) is 0.429. The standard InChI is InChI=1S/C21H30ClNO6P2S/c1-5-17-11-9-10-12-20(17)21(32-19-15-13-18(22)14-16-19)30(24,26-6-2)29-23-31(25,27-7-3)28-8-4/h9-16,21H,5-8H2,1-4H3,(H,23,25). The lowest BCUT2D eigenvalue weighted by Gasteiger charge is -2.29. The number of hydrogen-bond donors (Lipinski definition) is 1. The van der Waals surface area contributed by atoms with Gasteiger partial charge in [0.05, 0.1) is 19.8 Å². The van der Waals surface area contributed by atoms with Crippen LogP contribution in [0.4, 0.5) is 0 Å². The molecule has 0 bridgehead atoms. The van der Waals surface area contributed by atoms with Crippen LogP contribution < -0.4 is 5.25 Å². The number of thioether (sulfide) groups is 1. The first-order chi connectivity index (χ1) is 15.3. The van der Waals surface area contributed by atoms with E-state index in [-0.39, 0.29) is 19.8 Å². The first-order valence-corrected chi connectivity index (χ1v) is 14.8. The van der Waals surface area contributed by atoms with Gasteiger partial charge < -0.3 is 4.52 Å². The van der Waals surface area contributed by atoms with Crippen molar-refractivity contribution < 1.29 is 27.3 Å². The molecule has 2 rings (SSSR count). The van der Waals surface area contributed by atoms with Crippen molar-refractivity contribution in [3.63, 3.8) is 0 Å². The van der Waals surface area contributed by atoms with Crippen molar-refractivity contribution in [2.45, 2.75) is 44.0 Å². The third-order valence-electron chi connectivity index (χ3n) is 4.24. The molecule has 0 aromatic heterocycles. The van der Waals surface area contributed by atoms with Crippen molar-refractivity contribution in [1.82, 2.24) is 5.25 Å². The summed E-state index contributed by atoms with van der Waals surface area (Å²) in [6, 6.07) is 14.9. The van der Waals surface area contributed by atoms with Crippen LogP contribution in [0, 0.1) is 0 Å². The van der Waals surface area contributed by atoms with Crippen LogP contribution in [-0.2, 0) is 33.7 Å². The monoisotopic (exact) mass is 521 g/mol. The van der Waals surface area contributed by atoms with E-state index in [4.69, 9.17) is 29.8 Å². The summed E-state index contributed by atoms with van der Waals surface area (Å²) in [6.07, 6.45) is 0.726. The summed E-state index contributed by atoms with van der Waals surface area (Å²) in [5.74, 6) is 0. The maximum atomic E-state index is 14.1. The quantitative estimate of drug-likeness (QED) is 0.154. The van der Waals surface area contributed by atoms with Gasteiger partial charge in [-0.3, -0.25) is 13.6 Å². The van der Waals surface area contributed by atoms with E-state index in [0.717, 1.165) is 22.4 Å². The van der Waals surface area contributed by atoms with E-state index in [2.05, 4.69) is 5.25 Å². The maximum absolute atomic E-state index is 14.1. The second-order valence-corrected chi connectivity index (χ2v) is 12.1. The van der Waals surface area contributed by atoms with Crippen LogP contribution in [0.5, 0.6) is 0 Å². The van der Waals surface area contributed by atoms with Crippen LogP contribution >= 0.6 is 38.7 Å². The third-order valence-corrected chi connectivity index (χ3v) is 10.1. The van der Waals surface area contributed by atoms with Gasteiger partial charge in [-0.25, -0.2) is 9.19 Å². The van der Waals surface area contributed by atoms with Crippen LogP contribution in [0.15, 0.2) is 53.4 Å². The molecule has 11 heteroatoms. The van der Waals surface area contributed by atoms with Gasteiger partial charge in [-0.2, -0.15) is 0 Å². The Morgan fingerprint density at radius 3 is 2.06 bits per heavy atom. The Morgan fingerprint density at radius 2 is 1.50 bits per heavy atom. The van der Waals surface area contributed by atoms with Crippen molar-refractivity contribution in [2.75, 3.05) is 19.8 Å². The minimum atomic E-state index is -3.93. The van der Waals surface area contributed by atoms with Gasteiger partial charge in [0.1, 0.15) is 4.99 Å². The van der Waals surface area contributed by atoms with Crippen molar-refractivity contribution >= 4 is 38.7 Å². The van der Waals surface area contributed by atoms with E-state index < -0.39 is 20.3 Å². The molecule has 0 saturated heterocycles. The molecule has 178 valence electrons. The first-order valence-electron chi connectivity index (χ1n) is 10.4. The van der Waals surface area contributed by atoms with Gasteiger partial charge in [-0.05, 0) is 62.6 Å². The lowest BCUT2D eigenvalue weighted by molar-refractivity contribution is 0.131. The van der Waals surface area contributed by atoms with Crippen LogP contribution in [0.2, 0.25) is 5.02 Å². The molecule has 0 heterocycles. The molecule has 0 aliphatic carbocycles. The highest BCUT2D eigenvalue weighted by atomic mass is 35.5. The molecule has 7 nitrogen and oxygen atoms in total. The van der Waals surface area contributed by atoms with Gasteiger partial charge in [0.25, 0.3) is 0 Å². The Kier molecular flexibility index (Phi) is 11.5. The summed E-state index contributed by atoms with van der Waals surface area (Å²) in [5.41, 5.74) is 1.80. The average molecular weight is 522 g/mol. The number of rotatable bonds is 14. The zero-order valence-corrected chi connectivity index (χ0v) is 22.0. The number of nitrogens with one attached hydrogen (secondary N) is 1. The van der Waals surface area contributed by atoms with Crippen LogP contribution in [0.3, 0.4) is 0 Å². The van der Waals surface area contributed by atoms with Crippen molar-refractivity contribution in [3.8, 4) is 0 Å². The number of hydrogen-bond acceptors (Lipinski definition) is 7. The second kappa shape index (κ2) is 13.3. The van der Waals surface area contributed by atoms with Crippen LogP contribution in [0.25, 0.3) is 0 Å². The minimum Gasteiger partial charge on any atom is -0.307 e. The van der Waals surface area contributed by atoms with Gasteiger partial charge >= 0.3 is 15.3 Å². The average Bonchev–Trinajstić information content (AvgIpc) is 2.78. The summed E-state index contributed by atoms with van der Waals surface area (Å²) < 4.78 is 48.7. The third kappa shape index (κ3) is 7.69. The number of halogens is 1. The van der Waals surface area contributed by atoms with Gasteiger partial charge in [0.15, 0.2) is 0 Å². The highest BCUT2D eigenvalue weighted by Crippen LogP contribution is 2.68. The predicted molar refractivity (Wildman–Crippen MR) is 130 cm³/mol. The highest BCUT2D eigenvalue weighted by molar-refractivity contribution is 8.05. The van der Waals surface area contributed by atoms with Crippen molar-refractivity contribution in [1.29, 1.82) is 0 Å². The summed E-state index contributed by atoms with van der Waals surface area (Å²) in [7, 11) is -7.76. The number of benzene rings is 2. The molecule has 2 aromatic rings. The van der Waals surface area contributed by atoms with E-state index in [9.17, 15) is 9.13 Å². The summed E-state index contributed by atoms with van der Waals surface area (Å²) in [5, 5.41) is 2.89. The molecular weight excluding hydrogens is 492 g/mol. The molecule has 2 aromatic carbocycles. The van der Waals surface area contributed by atoms with E-state index >= 15 is 0 Å². The minimum absolute atomic E-state index is 0.119. The Balaban J connectivity index is 2.48. The maximum Gasteiger partial charge on any atom is 0.428 e. The largest absolute Gasteiger partial charge is 0.428 e. The van der Waals surface area contributed by atoms with E-state index in [0.29, 0.717) is 5.02 Å². The SMILES string of the molecule is CCOP(=O)(NOP(=O)(OCC)C(Sc1ccc(Cl)cc1)c1ccccc1CC)OCC. The Bertz CT molecular complexity index is 936. The molecule has 32 heavy (non-hydrogen) atoms. The smallest absolute Gasteiger partial charge is 0.307 e. The normalized spacial score (nSPS) is 14.8.